The van der Waals surface area contributed by atoms with Gasteiger partial charge in [0, 0.05) is 46.0 Å². The number of para-hydroxylation sites is 2. The molecule has 0 N–H and O–H groups in total. The van der Waals surface area contributed by atoms with E-state index < -0.39 is 0 Å². The molecule has 0 spiro atoms. The summed E-state index contributed by atoms with van der Waals surface area (Å²) in [6.45, 7) is 14.0. The fourth-order valence-electron chi connectivity index (χ4n) is 9.30. The maximum atomic E-state index is 5.86. The zero-order chi connectivity index (χ0) is 49.8. The topological polar surface area (TPSA) is 24.9 Å². The van der Waals surface area contributed by atoms with Crippen molar-refractivity contribution in [3.05, 3.63) is 250 Å². The number of hydrogen-bond acceptors (Lipinski definition) is 4. The minimum atomic E-state index is 0.629. The van der Waals surface area contributed by atoms with Crippen molar-refractivity contribution in [3.8, 4) is 34.5 Å². The van der Waals surface area contributed by atoms with Crippen LogP contribution in [0.5, 0.6) is 11.5 Å². The normalized spacial score (nSPS) is 13.8. The third kappa shape index (κ3) is 11.6. The van der Waals surface area contributed by atoms with E-state index in [0.717, 1.165) is 80.7 Å². The lowest BCUT2D eigenvalue weighted by molar-refractivity contribution is 0.339. The molecule has 0 heterocycles. The number of allylic oxidation sites excluding steroid dienone is 4. The highest BCUT2D eigenvalue weighted by Crippen LogP contribution is 2.39. The summed E-state index contributed by atoms with van der Waals surface area (Å²) in [6.07, 6.45) is 14.6. The number of benzene rings is 8. The Hall–Kier alpha value is -8.52. The van der Waals surface area contributed by atoms with Crippen molar-refractivity contribution in [3.63, 3.8) is 0 Å². The van der Waals surface area contributed by atoms with E-state index in [-0.39, 0.29) is 0 Å². The molecule has 0 aliphatic heterocycles. The molecule has 1 aliphatic rings. The lowest BCUT2D eigenvalue weighted by Crippen LogP contribution is -2.17. The Morgan fingerprint density at radius 2 is 0.903 bits per heavy atom. The summed E-state index contributed by atoms with van der Waals surface area (Å²) >= 11 is 0. The summed E-state index contributed by atoms with van der Waals surface area (Å²) in [5.41, 5.74) is 20.5. The van der Waals surface area contributed by atoms with Gasteiger partial charge in [-0.2, -0.15) is 0 Å². The van der Waals surface area contributed by atoms with E-state index in [1.54, 1.807) is 0 Å². The first-order valence-corrected chi connectivity index (χ1v) is 25.1. The van der Waals surface area contributed by atoms with Crippen LogP contribution in [-0.2, 0) is 0 Å². The van der Waals surface area contributed by atoms with Crippen molar-refractivity contribution in [2.45, 2.75) is 54.4 Å². The largest absolute Gasteiger partial charge is 0.493 e. The molecular formula is C68H62N2O2. The van der Waals surface area contributed by atoms with Gasteiger partial charge in [0.2, 0.25) is 0 Å². The second-order valence-corrected chi connectivity index (χ2v) is 18.2. The van der Waals surface area contributed by atoms with Gasteiger partial charge in [-0.05, 0) is 165 Å². The summed E-state index contributed by atoms with van der Waals surface area (Å²) in [6, 6.07) is 65.0. The molecule has 9 rings (SSSR count). The predicted molar refractivity (Wildman–Crippen MR) is 307 cm³/mol. The molecule has 4 nitrogen and oxygen atoms in total. The van der Waals surface area contributed by atoms with Gasteiger partial charge in [0.15, 0.2) is 0 Å². The molecule has 0 bridgehead atoms. The Morgan fingerprint density at radius 1 is 0.458 bits per heavy atom. The lowest BCUT2D eigenvalue weighted by Gasteiger charge is -2.27. The number of anilines is 5. The second-order valence-electron chi connectivity index (χ2n) is 18.2. The van der Waals surface area contributed by atoms with Crippen molar-refractivity contribution in [1.29, 1.82) is 0 Å². The van der Waals surface area contributed by atoms with Gasteiger partial charge in [-0.1, -0.05) is 169 Å². The molecule has 356 valence electrons. The molecule has 0 amide bonds. The molecular weight excluding hydrogens is 877 g/mol. The summed E-state index contributed by atoms with van der Waals surface area (Å²) in [5.74, 6) is 8.85. The molecule has 0 saturated carbocycles. The van der Waals surface area contributed by atoms with Gasteiger partial charge in [-0.3, -0.25) is 0 Å². The minimum Gasteiger partial charge on any atom is -0.493 e. The molecule has 72 heavy (non-hydrogen) atoms. The van der Waals surface area contributed by atoms with Crippen molar-refractivity contribution in [2.75, 3.05) is 23.0 Å². The summed E-state index contributed by atoms with van der Waals surface area (Å²) in [5, 5.41) is 0. The number of hydrogen-bond donors (Lipinski definition) is 0. The van der Waals surface area contributed by atoms with Crippen LogP contribution in [0.25, 0.3) is 41.0 Å². The number of aryl methyl sites for hydroxylation is 4. The van der Waals surface area contributed by atoms with E-state index in [1.165, 1.54) is 44.5 Å². The van der Waals surface area contributed by atoms with Crippen LogP contribution < -0.4 is 19.3 Å². The fraction of sp³-hybridized carbons (Fsp3) is 0.147. The quantitative estimate of drug-likeness (QED) is 0.0712. The van der Waals surface area contributed by atoms with Crippen molar-refractivity contribution < 1.29 is 9.47 Å². The molecule has 0 radical (unpaired) electrons. The molecule has 8 aromatic rings. The molecule has 1 aliphatic carbocycles. The van der Waals surface area contributed by atoms with Gasteiger partial charge in [0.05, 0.1) is 18.9 Å². The summed E-state index contributed by atoms with van der Waals surface area (Å²) in [7, 11) is 0. The number of nitrogens with zero attached hydrogens (tertiary/aromatic N) is 2. The first kappa shape index (κ1) is 48.5. The van der Waals surface area contributed by atoms with Gasteiger partial charge >= 0.3 is 0 Å². The van der Waals surface area contributed by atoms with Crippen molar-refractivity contribution in [1.82, 2.24) is 0 Å². The summed E-state index contributed by atoms with van der Waals surface area (Å²) < 4.78 is 11.7. The Labute approximate surface area is 427 Å². The zero-order valence-electron chi connectivity index (χ0n) is 42.3. The molecule has 8 aromatic carbocycles. The van der Waals surface area contributed by atoms with Gasteiger partial charge in [0.25, 0.3) is 0 Å². The second kappa shape index (κ2) is 22.9. The molecule has 0 fully saturated rings. The Morgan fingerprint density at radius 3 is 1.40 bits per heavy atom. The molecule has 0 saturated heterocycles. The average molecular weight is 939 g/mol. The Balaban J connectivity index is 0.959. The molecule has 0 unspecified atom stereocenters. The van der Waals surface area contributed by atoms with Crippen LogP contribution in [0.2, 0.25) is 0 Å². The number of rotatable bonds is 16. The molecule has 0 aromatic heterocycles. The fourth-order valence-corrected chi connectivity index (χ4v) is 9.30. The molecule has 4 heteroatoms. The average Bonchev–Trinajstić information content (AvgIpc) is 3.39. The van der Waals surface area contributed by atoms with E-state index in [4.69, 9.17) is 9.47 Å². The first-order chi connectivity index (χ1) is 35.2. The van der Waals surface area contributed by atoms with Crippen LogP contribution in [0.4, 0.5) is 28.4 Å². The van der Waals surface area contributed by atoms with Crippen LogP contribution in [0.1, 0.15) is 76.8 Å². The SMILES string of the molecule is CCOc1ccccc1/C=C/c1ccc(N(/C2=C/C=C(/c3ccc(-c4ccc(N(c5ccc(/C=C/c6ccccc6OCC)cc5)c5ccc(C)cc5C)cc4)cc3)CCC#C2)c2ccc(C)cc2C)cc1. The number of ether oxygens (including phenoxy) is 2. The minimum absolute atomic E-state index is 0.629. The van der Waals surface area contributed by atoms with E-state index in [2.05, 4.69) is 231 Å². The Bertz CT molecular complexity index is 3340. The monoisotopic (exact) mass is 938 g/mol. The van der Waals surface area contributed by atoms with E-state index in [9.17, 15) is 0 Å². The van der Waals surface area contributed by atoms with Crippen LogP contribution >= 0.6 is 0 Å². The smallest absolute Gasteiger partial charge is 0.126 e. The Kier molecular flexibility index (Phi) is 15.4. The standard InChI is InChI=1S/C68H62N2O2/c1-7-71-67-19-13-10-16-59(67)29-23-53-25-38-62(39-26-53)69(65-45-21-49(3)47-51(65)5)61-18-12-9-15-55(35-42-61)56-31-33-57(34-32-56)58-36-43-64(44-37-58)70(66-46-22-50(4)48-52(66)6)63-40-27-54(28-41-63)24-30-60-17-11-14-20-68(60)72-8-2/h10-11,13-14,16-17,19-48H,7-9,15H2,1-6H3/b29-23+,30-24+,55-35+,61-42+. The van der Waals surface area contributed by atoms with E-state index in [1.807, 2.05) is 50.2 Å². The van der Waals surface area contributed by atoms with Crippen molar-refractivity contribution in [2.24, 2.45) is 0 Å². The maximum absolute atomic E-state index is 5.86. The van der Waals surface area contributed by atoms with Crippen molar-refractivity contribution >= 4 is 58.3 Å². The van der Waals surface area contributed by atoms with E-state index >= 15 is 0 Å². The highest BCUT2D eigenvalue weighted by molar-refractivity contribution is 5.83. The highest BCUT2D eigenvalue weighted by Gasteiger charge is 2.18. The van der Waals surface area contributed by atoms with Crippen LogP contribution in [0.15, 0.2) is 200 Å². The van der Waals surface area contributed by atoms with E-state index in [0.29, 0.717) is 13.2 Å². The predicted octanol–water partition coefficient (Wildman–Crippen LogP) is 18.1. The zero-order valence-corrected chi connectivity index (χ0v) is 42.3. The van der Waals surface area contributed by atoms with Crippen LogP contribution in [-0.4, -0.2) is 13.2 Å². The maximum Gasteiger partial charge on any atom is 0.126 e. The lowest BCUT2D eigenvalue weighted by atomic mass is 9.96. The van der Waals surface area contributed by atoms with Gasteiger partial charge in [0.1, 0.15) is 11.5 Å². The molecule has 0 atom stereocenters. The third-order valence-electron chi connectivity index (χ3n) is 13.0. The van der Waals surface area contributed by atoms with Gasteiger partial charge < -0.3 is 19.3 Å². The van der Waals surface area contributed by atoms with Crippen LogP contribution in [0, 0.1) is 39.5 Å². The van der Waals surface area contributed by atoms with Crippen LogP contribution in [0.3, 0.4) is 0 Å². The van der Waals surface area contributed by atoms with Gasteiger partial charge in [-0.25, -0.2) is 0 Å². The van der Waals surface area contributed by atoms with Gasteiger partial charge in [-0.15, -0.1) is 0 Å². The summed E-state index contributed by atoms with van der Waals surface area (Å²) in [4.78, 5) is 4.65. The highest BCUT2D eigenvalue weighted by atomic mass is 16.5. The third-order valence-corrected chi connectivity index (χ3v) is 13.0. The first-order valence-electron chi connectivity index (χ1n) is 25.1.